The van der Waals surface area contributed by atoms with Crippen LogP contribution in [0.5, 0.6) is 0 Å². The Kier molecular flexibility index (Phi) is 4.77. The van der Waals surface area contributed by atoms with E-state index in [1.54, 1.807) is 11.3 Å². The van der Waals surface area contributed by atoms with Gasteiger partial charge in [-0.3, -0.25) is 4.79 Å². The number of thiophene rings is 1. The first-order chi connectivity index (χ1) is 9.11. The molecule has 0 saturated heterocycles. The number of carbonyl (C=O) groups is 1. The molecule has 0 aliphatic heterocycles. The molecule has 2 nitrogen and oxygen atoms in total. The third-order valence-electron chi connectivity index (χ3n) is 3.00. The third-order valence-corrected chi connectivity index (χ3v) is 4.75. The molecule has 0 aliphatic carbocycles. The summed E-state index contributed by atoms with van der Waals surface area (Å²) in [6.45, 7) is 5.40. The van der Waals surface area contributed by atoms with Crippen molar-refractivity contribution in [3.63, 3.8) is 0 Å². The Morgan fingerprint density at radius 2 is 2.16 bits per heavy atom. The molecule has 0 spiro atoms. The van der Waals surface area contributed by atoms with E-state index in [9.17, 15) is 4.79 Å². The Morgan fingerprint density at radius 1 is 1.37 bits per heavy atom. The highest BCUT2D eigenvalue weighted by molar-refractivity contribution is 9.10. The van der Waals surface area contributed by atoms with E-state index in [0.29, 0.717) is 13.1 Å². The van der Waals surface area contributed by atoms with Crippen molar-refractivity contribution in [2.75, 3.05) is 6.54 Å². The lowest BCUT2D eigenvalue weighted by Gasteiger charge is -2.20. The first-order valence-corrected chi connectivity index (χ1v) is 7.87. The zero-order valence-corrected chi connectivity index (χ0v) is 13.4. The standard InChI is InChI=1S/C15H16BrNOS/c1-3-17(10-13-5-4-8-19-13)15(18)12-6-7-14(16)11(2)9-12/h4-9H,3,10H2,1-2H3. The van der Waals surface area contributed by atoms with Crippen LogP contribution >= 0.6 is 27.3 Å². The van der Waals surface area contributed by atoms with Gasteiger partial charge in [-0.1, -0.05) is 22.0 Å². The van der Waals surface area contributed by atoms with Gasteiger partial charge < -0.3 is 4.90 Å². The maximum absolute atomic E-state index is 12.5. The Labute approximate surface area is 126 Å². The lowest BCUT2D eigenvalue weighted by atomic mass is 10.1. The van der Waals surface area contributed by atoms with E-state index in [4.69, 9.17) is 0 Å². The van der Waals surface area contributed by atoms with Gasteiger partial charge in [-0.2, -0.15) is 0 Å². The van der Waals surface area contributed by atoms with Crippen molar-refractivity contribution in [1.29, 1.82) is 0 Å². The van der Waals surface area contributed by atoms with Crippen molar-refractivity contribution >= 4 is 33.2 Å². The average Bonchev–Trinajstić information content (AvgIpc) is 2.91. The largest absolute Gasteiger partial charge is 0.334 e. The van der Waals surface area contributed by atoms with Crippen molar-refractivity contribution in [1.82, 2.24) is 4.90 Å². The van der Waals surface area contributed by atoms with Crippen molar-refractivity contribution in [2.45, 2.75) is 20.4 Å². The minimum absolute atomic E-state index is 0.0894. The maximum Gasteiger partial charge on any atom is 0.254 e. The van der Waals surface area contributed by atoms with E-state index in [1.807, 2.05) is 48.4 Å². The van der Waals surface area contributed by atoms with Crippen LogP contribution in [0.25, 0.3) is 0 Å². The Morgan fingerprint density at radius 3 is 2.74 bits per heavy atom. The molecule has 0 bridgehead atoms. The molecule has 0 atom stereocenters. The number of benzene rings is 1. The van der Waals surface area contributed by atoms with Gasteiger partial charge in [0.1, 0.15) is 0 Å². The van der Waals surface area contributed by atoms with Crippen LogP contribution in [-0.2, 0) is 6.54 Å². The summed E-state index contributed by atoms with van der Waals surface area (Å²) in [7, 11) is 0. The molecule has 2 aromatic rings. The van der Waals surface area contributed by atoms with Crippen molar-refractivity contribution in [2.24, 2.45) is 0 Å². The lowest BCUT2D eigenvalue weighted by Crippen LogP contribution is -2.30. The summed E-state index contributed by atoms with van der Waals surface area (Å²) >= 11 is 5.14. The highest BCUT2D eigenvalue weighted by Gasteiger charge is 2.15. The molecule has 0 unspecified atom stereocenters. The van der Waals surface area contributed by atoms with Gasteiger partial charge >= 0.3 is 0 Å². The number of nitrogens with zero attached hydrogens (tertiary/aromatic N) is 1. The van der Waals surface area contributed by atoms with E-state index < -0.39 is 0 Å². The molecule has 100 valence electrons. The van der Waals surface area contributed by atoms with Gasteiger partial charge in [-0.15, -0.1) is 11.3 Å². The number of amides is 1. The van der Waals surface area contributed by atoms with Crippen LogP contribution in [0.3, 0.4) is 0 Å². The predicted octanol–water partition coefficient (Wildman–Crippen LogP) is 4.48. The molecule has 1 aromatic carbocycles. The minimum Gasteiger partial charge on any atom is -0.334 e. The molecule has 1 amide bonds. The van der Waals surface area contributed by atoms with Gasteiger partial charge in [0.15, 0.2) is 0 Å². The van der Waals surface area contributed by atoms with Crippen molar-refractivity contribution in [3.8, 4) is 0 Å². The number of hydrogen-bond donors (Lipinski definition) is 0. The zero-order valence-electron chi connectivity index (χ0n) is 11.0. The SMILES string of the molecule is CCN(Cc1cccs1)C(=O)c1ccc(Br)c(C)c1. The second kappa shape index (κ2) is 6.35. The predicted molar refractivity (Wildman–Crippen MR) is 83.6 cm³/mol. The Bertz CT molecular complexity index is 566. The molecule has 0 aliphatic rings. The first kappa shape index (κ1) is 14.3. The Hall–Kier alpha value is -1.13. The van der Waals surface area contributed by atoms with E-state index in [0.717, 1.165) is 15.6 Å². The highest BCUT2D eigenvalue weighted by atomic mass is 79.9. The van der Waals surface area contributed by atoms with E-state index in [-0.39, 0.29) is 5.91 Å². The second-order valence-corrected chi connectivity index (χ2v) is 6.25. The Balaban J connectivity index is 2.18. The van der Waals surface area contributed by atoms with Gasteiger partial charge in [0.05, 0.1) is 6.54 Å². The molecule has 0 radical (unpaired) electrons. The quantitative estimate of drug-likeness (QED) is 0.805. The number of halogens is 1. The monoisotopic (exact) mass is 337 g/mol. The fourth-order valence-corrected chi connectivity index (χ4v) is 2.84. The summed E-state index contributed by atoms with van der Waals surface area (Å²) in [5.41, 5.74) is 1.83. The van der Waals surface area contributed by atoms with Crippen LogP contribution < -0.4 is 0 Å². The van der Waals surface area contributed by atoms with Gasteiger partial charge in [0.25, 0.3) is 5.91 Å². The summed E-state index contributed by atoms with van der Waals surface area (Å²) in [6, 6.07) is 9.82. The molecular weight excluding hydrogens is 322 g/mol. The minimum atomic E-state index is 0.0894. The van der Waals surface area contributed by atoms with Crippen LogP contribution in [0.1, 0.15) is 27.7 Å². The fraction of sp³-hybridized carbons (Fsp3) is 0.267. The lowest BCUT2D eigenvalue weighted by molar-refractivity contribution is 0.0754. The van der Waals surface area contributed by atoms with E-state index >= 15 is 0 Å². The van der Waals surface area contributed by atoms with Crippen molar-refractivity contribution in [3.05, 3.63) is 56.2 Å². The molecule has 4 heteroatoms. The zero-order chi connectivity index (χ0) is 13.8. The molecular formula is C15H16BrNOS. The summed E-state index contributed by atoms with van der Waals surface area (Å²) in [4.78, 5) is 15.6. The third kappa shape index (κ3) is 3.45. The molecule has 19 heavy (non-hydrogen) atoms. The summed E-state index contributed by atoms with van der Waals surface area (Å²) in [5, 5.41) is 2.04. The summed E-state index contributed by atoms with van der Waals surface area (Å²) in [5.74, 6) is 0.0894. The smallest absolute Gasteiger partial charge is 0.254 e. The normalized spacial score (nSPS) is 10.5. The van der Waals surface area contributed by atoms with Gasteiger partial charge in [-0.25, -0.2) is 0 Å². The summed E-state index contributed by atoms with van der Waals surface area (Å²) in [6.07, 6.45) is 0. The molecule has 0 saturated carbocycles. The average molecular weight is 338 g/mol. The summed E-state index contributed by atoms with van der Waals surface area (Å²) < 4.78 is 1.03. The van der Waals surface area contributed by atoms with E-state index in [1.165, 1.54) is 4.88 Å². The second-order valence-electron chi connectivity index (χ2n) is 4.36. The number of aryl methyl sites for hydroxylation is 1. The highest BCUT2D eigenvalue weighted by Crippen LogP contribution is 2.19. The van der Waals surface area contributed by atoms with Crippen LogP contribution in [0.4, 0.5) is 0 Å². The van der Waals surface area contributed by atoms with Gasteiger partial charge in [0, 0.05) is 21.5 Å². The van der Waals surface area contributed by atoms with Crippen LogP contribution in [0, 0.1) is 6.92 Å². The molecule has 0 fully saturated rings. The molecule has 1 heterocycles. The molecule has 0 N–H and O–H groups in total. The maximum atomic E-state index is 12.5. The fourth-order valence-electron chi connectivity index (χ4n) is 1.88. The number of carbonyl (C=O) groups excluding carboxylic acids is 1. The van der Waals surface area contributed by atoms with Crippen molar-refractivity contribution < 1.29 is 4.79 Å². The number of hydrogen-bond acceptors (Lipinski definition) is 2. The first-order valence-electron chi connectivity index (χ1n) is 6.19. The van der Waals surface area contributed by atoms with Gasteiger partial charge in [-0.05, 0) is 49.1 Å². The molecule has 1 aromatic heterocycles. The number of rotatable bonds is 4. The van der Waals surface area contributed by atoms with E-state index in [2.05, 4.69) is 22.0 Å². The van der Waals surface area contributed by atoms with Crippen LogP contribution in [0.15, 0.2) is 40.2 Å². The topological polar surface area (TPSA) is 20.3 Å². The van der Waals surface area contributed by atoms with Crippen LogP contribution in [-0.4, -0.2) is 17.4 Å². The van der Waals surface area contributed by atoms with Gasteiger partial charge in [0.2, 0.25) is 0 Å². The molecule has 2 rings (SSSR count). The van der Waals surface area contributed by atoms with Crippen LogP contribution in [0.2, 0.25) is 0 Å².